The van der Waals surface area contributed by atoms with Gasteiger partial charge in [-0.2, -0.15) is 16.7 Å². The lowest BCUT2D eigenvalue weighted by molar-refractivity contribution is 0.0640. The lowest BCUT2D eigenvalue weighted by atomic mass is 9.93. The Balaban J connectivity index is 1.48. The maximum Gasteiger partial charge on any atom is 0.276 e. The number of fused-ring (bicyclic) bond motifs is 1. The van der Waals surface area contributed by atoms with E-state index < -0.39 is 0 Å². The van der Waals surface area contributed by atoms with Gasteiger partial charge in [-0.1, -0.05) is 23.2 Å². The highest BCUT2D eigenvalue weighted by Crippen LogP contribution is 2.35. The average molecular weight is 348 g/mol. The number of nitrogens with zero attached hydrogens (tertiary/aromatic N) is 6. The van der Waals surface area contributed by atoms with Crippen LogP contribution in [0, 0.1) is 6.92 Å². The first-order chi connectivity index (χ1) is 11.7. The summed E-state index contributed by atoms with van der Waals surface area (Å²) in [6.45, 7) is 2.88. The molecule has 1 saturated heterocycles. The summed E-state index contributed by atoms with van der Waals surface area (Å²) in [5, 5.41) is 12.5. The molecule has 128 valence electrons. The topological polar surface area (TPSA) is 89.9 Å². The maximum absolute atomic E-state index is 12.9. The number of carbonyl (C=O) groups is 1. The Morgan fingerprint density at radius 1 is 1.42 bits per heavy atom. The zero-order valence-electron chi connectivity index (χ0n) is 13.6. The number of rotatable bonds is 3. The number of aryl methyl sites for hydroxylation is 1. The molecular weight excluding hydrogens is 328 g/mol. The monoisotopic (exact) mass is 348 g/mol. The first-order valence-electron chi connectivity index (χ1n) is 8.32. The van der Waals surface area contributed by atoms with Gasteiger partial charge in [-0.3, -0.25) is 4.79 Å². The SMILES string of the molecule is Cc1nc(Cn2cc(C(=O)N3CCSC4CCCCC43)nn2)no1. The smallest absolute Gasteiger partial charge is 0.276 e. The molecule has 1 aliphatic carbocycles. The van der Waals surface area contributed by atoms with E-state index >= 15 is 0 Å². The van der Waals surface area contributed by atoms with E-state index in [2.05, 4.69) is 20.5 Å². The average Bonchev–Trinajstić information content (AvgIpc) is 3.23. The summed E-state index contributed by atoms with van der Waals surface area (Å²) in [6.07, 6.45) is 6.46. The van der Waals surface area contributed by atoms with Gasteiger partial charge in [-0.05, 0) is 12.8 Å². The van der Waals surface area contributed by atoms with Gasteiger partial charge >= 0.3 is 0 Å². The number of thioether (sulfide) groups is 1. The maximum atomic E-state index is 12.9. The second-order valence-electron chi connectivity index (χ2n) is 6.29. The molecule has 8 nitrogen and oxygen atoms in total. The summed E-state index contributed by atoms with van der Waals surface area (Å²) in [6, 6.07) is 0.343. The normalized spacial score (nSPS) is 24.0. The Hall–Kier alpha value is -1.90. The van der Waals surface area contributed by atoms with Gasteiger partial charge in [0.25, 0.3) is 5.91 Å². The van der Waals surface area contributed by atoms with Crippen LogP contribution in [-0.4, -0.2) is 59.5 Å². The van der Waals surface area contributed by atoms with Crippen LogP contribution in [0.4, 0.5) is 0 Å². The third kappa shape index (κ3) is 3.04. The number of amides is 1. The Labute approximate surface area is 144 Å². The van der Waals surface area contributed by atoms with Crippen LogP contribution in [0.3, 0.4) is 0 Å². The molecule has 1 aliphatic heterocycles. The first kappa shape index (κ1) is 15.6. The molecule has 0 N–H and O–H groups in total. The Morgan fingerprint density at radius 2 is 2.29 bits per heavy atom. The van der Waals surface area contributed by atoms with Crippen LogP contribution >= 0.6 is 11.8 Å². The van der Waals surface area contributed by atoms with Crippen molar-refractivity contribution in [3.8, 4) is 0 Å². The lowest BCUT2D eigenvalue weighted by Crippen LogP contribution is -2.51. The van der Waals surface area contributed by atoms with E-state index in [1.165, 1.54) is 19.3 Å². The summed E-state index contributed by atoms with van der Waals surface area (Å²) in [4.78, 5) is 19.0. The molecule has 0 bridgehead atoms. The zero-order valence-corrected chi connectivity index (χ0v) is 14.4. The summed E-state index contributed by atoms with van der Waals surface area (Å²) >= 11 is 2.01. The Kier molecular flexibility index (Phi) is 4.26. The third-order valence-corrected chi connectivity index (χ3v) is 6.02. The van der Waals surface area contributed by atoms with Gasteiger partial charge in [0.1, 0.15) is 6.54 Å². The van der Waals surface area contributed by atoms with Crippen molar-refractivity contribution in [3.05, 3.63) is 23.6 Å². The van der Waals surface area contributed by atoms with E-state index in [4.69, 9.17) is 4.52 Å². The van der Waals surface area contributed by atoms with Crippen molar-refractivity contribution in [1.29, 1.82) is 0 Å². The molecule has 2 unspecified atom stereocenters. The van der Waals surface area contributed by atoms with E-state index in [1.807, 2.05) is 16.7 Å². The largest absolute Gasteiger partial charge is 0.340 e. The van der Waals surface area contributed by atoms with Crippen molar-refractivity contribution in [2.24, 2.45) is 0 Å². The fourth-order valence-corrected chi connectivity index (χ4v) is 4.96. The van der Waals surface area contributed by atoms with Crippen molar-refractivity contribution in [2.75, 3.05) is 12.3 Å². The Morgan fingerprint density at radius 3 is 3.12 bits per heavy atom. The van der Waals surface area contributed by atoms with Crippen LogP contribution in [0.25, 0.3) is 0 Å². The minimum absolute atomic E-state index is 0.0113. The molecule has 0 radical (unpaired) electrons. The van der Waals surface area contributed by atoms with Crippen LogP contribution in [0.2, 0.25) is 0 Å². The highest BCUT2D eigenvalue weighted by Gasteiger charge is 2.37. The van der Waals surface area contributed by atoms with Crippen molar-refractivity contribution in [2.45, 2.75) is 50.4 Å². The fourth-order valence-electron chi connectivity index (χ4n) is 3.52. The van der Waals surface area contributed by atoms with E-state index in [9.17, 15) is 4.79 Å². The van der Waals surface area contributed by atoms with Gasteiger partial charge in [0, 0.05) is 30.5 Å². The van der Waals surface area contributed by atoms with Crippen molar-refractivity contribution < 1.29 is 9.32 Å². The second kappa shape index (κ2) is 6.54. The quantitative estimate of drug-likeness (QED) is 0.830. The van der Waals surface area contributed by atoms with E-state index in [0.717, 1.165) is 18.7 Å². The molecule has 2 fully saturated rings. The molecule has 9 heteroatoms. The minimum atomic E-state index is -0.0113. The van der Waals surface area contributed by atoms with E-state index in [0.29, 0.717) is 35.2 Å². The molecule has 24 heavy (non-hydrogen) atoms. The Bertz CT molecular complexity index is 727. The molecule has 0 spiro atoms. The molecule has 2 aliphatic rings. The molecule has 2 atom stereocenters. The van der Waals surface area contributed by atoms with Gasteiger partial charge < -0.3 is 9.42 Å². The molecule has 2 aromatic rings. The van der Waals surface area contributed by atoms with Crippen molar-refractivity contribution >= 4 is 17.7 Å². The number of hydrogen-bond acceptors (Lipinski definition) is 7. The number of carbonyl (C=O) groups excluding carboxylic acids is 1. The summed E-state index contributed by atoms with van der Waals surface area (Å²) in [5.41, 5.74) is 0.395. The highest BCUT2D eigenvalue weighted by molar-refractivity contribution is 8.00. The van der Waals surface area contributed by atoms with Crippen LogP contribution < -0.4 is 0 Å². The third-order valence-electron chi connectivity index (χ3n) is 4.62. The van der Waals surface area contributed by atoms with Gasteiger partial charge in [0.2, 0.25) is 5.89 Å². The van der Waals surface area contributed by atoms with Gasteiger partial charge in [-0.25, -0.2) is 4.68 Å². The van der Waals surface area contributed by atoms with Crippen LogP contribution in [0.1, 0.15) is 47.9 Å². The number of aromatic nitrogens is 5. The molecule has 0 aromatic carbocycles. The first-order valence-corrected chi connectivity index (χ1v) is 9.37. The molecule has 3 heterocycles. The number of hydrogen-bond donors (Lipinski definition) is 0. The molecule has 1 saturated carbocycles. The highest BCUT2D eigenvalue weighted by atomic mass is 32.2. The standard InChI is InChI=1S/C15H20N6O2S/c1-10-16-14(18-23-10)9-20-8-11(17-19-20)15(22)21-6-7-24-13-5-3-2-4-12(13)21/h8,12-13H,2-7,9H2,1H3. The van der Waals surface area contributed by atoms with Crippen molar-refractivity contribution in [3.63, 3.8) is 0 Å². The minimum Gasteiger partial charge on any atom is -0.340 e. The zero-order chi connectivity index (χ0) is 16.5. The van der Waals surface area contributed by atoms with Crippen LogP contribution in [0.15, 0.2) is 10.7 Å². The molecule has 4 rings (SSSR count). The lowest BCUT2D eigenvalue weighted by Gasteiger charge is -2.43. The molecule has 1 amide bonds. The molecular formula is C15H20N6O2S. The van der Waals surface area contributed by atoms with E-state index in [-0.39, 0.29) is 5.91 Å². The van der Waals surface area contributed by atoms with Crippen LogP contribution in [-0.2, 0) is 6.54 Å². The van der Waals surface area contributed by atoms with Crippen LogP contribution in [0.5, 0.6) is 0 Å². The van der Waals surface area contributed by atoms with Gasteiger partial charge in [-0.15, -0.1) is 5.10 Å². The summed E-state index contributed by atoms with van der Waals surface area (Å²) in [7, 11) is 0. The van der Waals surface area contributed by atoms with E-state index in [1.54, 1.807) is 17.8 Å². The predicted octanol–water partition coefficient (Wildman–Crippen LogP) is 1.52. The second-order valence-corrected chi connectivity index (χ2v) is 7.64. The summed E-state index contributed by atoms with van der Waals surface area (Å²) < 4.78 is 6.52. The van der Waals surface area contributed by atoms with Crippen molar-refractivity contribution in [1.82, 2.24) is 30.0 Å². The fraction of sp³-hybridized carbons (Fsp3) is 0.667. The van der Waals surface area contributed by atoms with Gasteiger partial charge in [0.15, 0.2) is 11.5 Å². The molecule has 2 aromatic heterocycles. The summed E-state index contributed by atoms with van der Waals surface area (Å²) in [5.74, 6) is 2.03. The predicted molar refractivity (Wildman–Crippen MR) is 87.7 cm³/mol. The van der Waals surface area contributed by atoms with Gasteiger partial charge in [0.05, 0.1) is 6.20 Å².